The first-order valence-electron chi connectivity index (χ1n) is 6.58. The summed E-state index contributed by atoms with van der Waals surface area (Å²) in [7, 11) is 2.12. The van der Waals surface area contributed by atoms with E-state index in [-0.39, 0.29) is 11.9 Å². The molecule has 0 aromatic carbocycles. The van der Waals surface area contributed by atoms with Gasteiger partial charge in [0.25, 0.3) is 0 Å². The highest BCUT2D eigenvalue weighted by molar-refractivity contribution is 5.78. The highest BCUT2D eigenvalue weighted by Crippen LogP contribution is 1.96. The van der Waals surface area contributed by atoms with Gasteiger partial charge in [0, 0.05) is 32.2 Å². The van der Waals surface area contributed by atoms with Gasteiger partial charge in [-0.05, 0) is 20.4 Å². The summed E-state index contributed by atoms with van der Waals surface area (Å²) in [6, 6.07) is 0.279. The number of hydrogen-bond donors (Lipinski definition) is 2. The number of nitrogens with zero attached hydrogens (tertiary/aromatic N) is 2. The quantitative estimate of drug-likeness (QED) is 0.690. The van der Waals surface area contributed by atoms with Crippen LogP contribution >= 0.6 is 0 Å². The lowest BCUT2D eigenvalue weighted by molar-refractivity contribution is -0.121. The van der Waals surface area contributed by atoms with Crippen LogP contribution in [0.4, 0.5) is 0 Å². The highest BCUT2D eigenvalue weighted by atomic mass is 16.2. The van der Waals surface area contributed by atoms with Crippen molar-refractivity contribution in [2.24, 2.45) is 0 Å². The Morgan fingerprint density at radius 1 is 1.29 bits per heavy atom. The third-order valence-corrected chi connectivity index (χ3v) is 3.10. The van der Waals surface area contributed by atoms with Crippen LogP contribution in [-0.4, -0.2) is 61.6 Å². The Balaban J connectivity index is 2.11. The van der Waals surface area contributed by atoms with Crippen molar-refractivity contribution in [3.8, 4) is 0 Å². The van der Waals surface area contributed by atoms with Crippen LogP contribution in [0.2, 0.25) is 0 Å². The van der Waals surface area contributed by atoms with E-state index in [1.807, 2.05) is 0 Å². The molecule has 1 rings (SSSR count). The van der Waals surface area contributed by atoms with Gasteiger partial charge in [0.05, 0.1) is 6.54 Å². The van der Waals surface area contributed by atoms with Gasteiger partial charge in [-0.2, -0.15) is 0 Å². The average molecular weight is 242 g/mol. The molecule has 1 aliphatic heterocycles. The van der Waals surface area contributed by atoms with Crippen LogP contribution in [0, 0.1) is 0 Å². The zero-order valence-electron chi connectivity index (χ0n) is 11.3. The number of amides is 1. The first-order valence-corrected chi connectivity index (χ1v) is 6.58. The van der Waals surface area contributed by atoms with Crippen molar-refractivity contribution in [1.29, 1.82) is 0 Å². The topological polar surface area (TPSA) is 47.6 Å². The maximum absolute atomic E-state index is 11.6. The summed E-state index contributed by atoms with van der Waals surface area (Å²) in [4.78, 5) is 13.9. The van der Waals surface area contributed by atoms with Gasteiger partial charge < -0.3 is 10.2 Å². The predicted molar refractivity (Wildman–Crippen MR) is 69.6 cm³/mol. The van der Waals surface area contributed by atoms with E-state index < -0.39 is 0 Å². The lowest BCUT2D eigenvalue weighted by atomic mass is 10.2. The van der Waals surface area contributed by atoms with Gasteiger partial charge in [-0.3, -0.25) is 4.79 Å². The molecule has 5 nitrogen and oxygen atoms in total. The molecule has 17 heavy (non-hydrogen) atoms. The van der Waals surface area contributed by atoms with Crippen molar-refractivity contribution in [2.45, 2.75) is 32.7 Å². The van der Waals surface area contributed by atoms with Gasteiger partial charge >= 0.3 is 0 Å². The molecule has 1 unspecified atom stereocenters. The summed E-state index contributed by atoms with van der Waals surface area (Å²) in [5.74, 6) is 0.0879. The molecule has 0 spiro atoms. The molecule has 1 fully saturated rings. The molecule has 1 aliphatic rings. The standard InChI is InChI=1S/C12H26N4O/c1-4-5-11(2)14-12(17)10-13-16-8-6-15(3)7-9-16/h11,13H,4-10H2,1-3H3,(H,14,17). The molecule has 0 aromatic heterocycles. The van der Waals surface area contributed by atoms with Crippen LogP contribution in [0.5, 0.6) is 0 Å². The predicted octanol–water partition coefficient (Wildman–Crippen LogP) is 0.0432. The average Bonchev–Trinajstić information content (AvgIpc) is 2.28. The Hall–Kier alpha value is -0.650. The molecule has 0 saturated carbocycles. The Morgan fingerprint density at radius 2 is 1.94 bits per heavy atom. The fraction of sp³-hybridized carbons (Fsp3) is 0.917. The van der Waals surface area contributed by atoms with Crippen LogP contribution in [0.15, 0.2) is 0 Å². The second kappa shape index (κ2) is 7.63. The Morgan fingerprint density at radius 3 is 2.53 bits per heavy atom. The van der Waals surface area contributed by atoms with Crippen molar-refractivity contribution < 1.29 is 4.79 Å². The zero-order chi connectivity index (χ0) is 12.7. The van der Waals surface area contributed by atoms with Crippen molar-refractivity contribution in [1.82, 2.24) is 20.7 Å². The molecule has 1 saturated heterocycles. The molecule has 5 heteroatoms. The Bertz CT molecular complexity index is 227. The van der Waals surface area contributed by atoms with Crippen LogP contribution in [0.3, 0.4) is 0 Å². The second-order valence-electron chi connectivity index (χ2n) is 4.88. The third-order valence-electron chi connectivity index (χ3n) is 3.10. The first kappa shape index (κ1) is 14.4. The molecule has 1 heterocycles. The summed E-state index contributed by atoms with van der Waals surface area (Å²) in [5, 5.41) is 5.12. The van der Waals surface area contributed by atoms with E-state index in [1.165, 1.54) is 0 Å². The van der Waals surface area contributed by atoms with Crippen LogP contribution in [-0.2, 0) is 4.79 Å². The minimum Gasteiger partial charge on any atom is -0.352 e. The monoisotopic (exact) mass is 242 g/mol. The van der Waals surface area contributed by atoms with E-state index in [1.54, 1.807) is 0 Å². The van der Waals surface area contributed by atoms with Gasteiger partial charge in [-0.25, -0.2) is 10.4 Å². The lowest BCUT2D eigenvalue weighted by Gasteiger charge is -2.32. The summed E-state index contributed by atoms with van der Waals surface area (Å²) in [6.07, 6.45) is 2.15. The van der Waals surface area contributed by atoms with Crippen LogP contribution in [0.1, 0.15) is 26.7 Å². The Labute approximate surface area is 104 Å². The maximum Gasteiger partial charge on any atom is 0.235 e. The molecule has 0 aromatic rings. The fourth-order valence-electron chi connectivity index (χ4n) is 1.98. The number of hydrazine groups is 1. The number of nitrogens with one attached hydrogen (secondary N) is 2. The molecule has 1 amide bonds. The number of likely N-dealkylation sites (N-methyl/N-ethyl adjacent to an activating group) is 1. The normalized spacial score (nSPS) is 20.2. The van der Waals surface area contributed by atoms with Crippen LogP contribution < -0.4 is 10.7 Å². The van der Waals surface area contributed by atoms with E-state index in [0.717, 1.165) is 39.0 Å². The number of carbonyl (C=O) groups excluding carboxylic acids is 1. The van der Waals surface area contributed by atoms with E-state index in [2.05, 4.69) is 41.5 Å². The second-order valence-corrected chi connectivity index (χ2v) is 4.88. The van der Waals surface area contributed by atoms with E-state index in [9.17, 15) is 4.79 Å². The minimum atomic E-state index is 0.0879. The highest BCUT2D eigenvalue weighted by Gasteiger charge is 2.14. The lowest BCUT2D eigenvalue weighted by Crippen LogP contribution is -2.53. The minimum absolute atomic E-state index is 0.0879. The van der Waals surface area contributed by atoms with Crippen molar-refractivity contribution in [3.63, 3.8) is 0 Å². The van der Waals surface area contributed by atoms with Gasteiger partial charge in [0.15, 0.2) is 0 Å². The molecule has 1 atom stereocenters. The van der Waals surface area contributed by atoms with Crippen molar-refractivity contribution in [2.75, 3.05) is 39.8 Å². The molecular weight excluding hydrogens is 216 g/mol. The van der Waals surface area contributed by atoms with Crippen molar-refractivity contribution in [3.05, 3.63) is 0 Å². The van der Waals surface area contributed by atoms with E-state index in [0.29, 0.717) is 6.54 Å². The molecule has 0 radical (unpaired) electrons. The van der Waals surface area contributed by atoms with Gasteiger partial charge in [0.2, 0.25) is 5.91 Å². The SMILES string of the molecule is CCCC(C)NC(=O)CNN1CCN(C)CC1. The summed E-state index contributed by atoms with van der Waals surface area (Å²) < 4.78 is 0. The van der Waals surface area contributed by atoms with Gasteiger partial charge in [0.1, 0.15) is 0 Å². The first-order chi connectivity index (χ1) is 8.11. The molecule has 100 valence electrons. The Kier molecular flexibility index (Phi) is 6.47. The van der Waals surface area contributed by atoms with Gasteiger partial charge in [-0.15, -0.1) is 0 Å². The number of rotatable bonds is 6. The largest absolute Gasteiger partial charge is 0.352 e. The van der Waals surface area contributed by atoms with E-state index >= 15 is 0 Å². The zero-order valence-corrected chi connectivity index (χ0v) is 11.3. The summed E-state index contributed by atoms with van der Waals surface area (Å²) in [5.41, 5.74) is 3.18. The maximum atomic E-state index is 11.6. The van der Waals surface area contributed by atoms with Gasteiger partial charge in [-0.1, -0.05) is 13.3 Å². The molecule has 0 bridgehead atoms. The van der Waals surface area contributed by atoms with Crippen molar-refractivity contribution >= 4 is 5.91 Å². The van der Waals surface area contributed by atoms with Crippen LogP contribution in [0.25, 0.3) is 0 Å². The van der Waals surface area contributed by atoms with E-state index in [4.69, 9.17) is 0 Å². The third kappa shape index (κ3) is 6.00. The smallest absolute Gasteiger partial charge is 0.235 e. The molecular formula is C12H26N4O. The molecule has 0 aliphatic carbocycles. The fourth-order valence-corrected chi connectivity index (χ4v) is 1.98. The number of piperazine rings is 1. The summed E-state index contributed by atoms with van der Waals surface area (Å²) >= 11 is 0. The number of hydrogen-bond acceptors (Lipinski definition) is 4. The molecule has 2 N–H and O–H groups in total. The summed E-state index contributed by atoms with van der Waals surface area (Å²) in [6.45, 7) is 8.64. The number of carbonyl (C=O) groups is 1.